The summed E-state index contributed by atoms with van der Waals surface area (Å²) in [5.41, 5.74) is 0.662. The number of piperidine rings is 4. The van der Waals surface area contributed by atoms with E-state index in [9.17, 15) is 14.4 Å². The van der Waals surface area contributed by atoms with Crippen LogP contribution in [0.5, 0.6) is 0 Å². The minimum absolute atomic E-state index is 0.0172. The Morgan fingerprint density at radius 1 is 0.812 bits per heavy atom. The van der Waals surface area contributed by atoms with Crippen LogP contribution in [-0.2, 0) is 24.6 Å². The summed E-state index contributed by atoms with van der Waals surface area (Å²) in [5, 5.41) is 9.93. The van der Waals surface area contributed by atoms with Gasteiger partial charge in [-0.05, 0) is 142 Å². The molecule has 340 valence electrons. The van der Waals surface area contributed by atoms with E-state index in [1.54, 1.807) is 30.5 Å². The number of pyridine rings is 1. The summed E-state index contributed by atoms with van der Waals surface area (Å²) in [6.07, 6.45) is 14.7. The number of amides is 4. The maximum Gasteiger partial charge on any atom is 0.240 e. The molecular weight excluding hydrogens is 852 g/mol. The van der Waals surface area contributed by atoms with Crippen LogP contribution in [0, 0.1) is 23.6 Å². The van der Waals surface area contributed by atoms with Gasteiger partial charge in [0.05, 0.1) is 17.0 Å². The van der Waals surface area contributed by atoms with Gasteiger partial charge in [-0.2, -0.15) is 0 Å². The van der Waals surface area contributed by atoms with Crippen LogP contribution in [0.2, 0.25) is 10.0 Å². The van der Waals surface area contributed by atoms with Gasteiger partial charge in [-0.3, -0.25) is 29.8 Å². The van der Waals surface area contributed by atoms with Crippen molar-refractivity contribution >= 4 is 58.3 Å². The highest BCUT2D eigenvalue weighted by molar-refractivity contribution is 6.31. The van der Waals surface area contributed by atoms with Crippen molar-refractivity contribution in [2.75, 3.05) is 56.0 Å². The van der Waals surface area contributed by atoms with Crippen LogP contribution in [0.15, 0.2) is 54.7 Å². The maximum atomic E-state index is 16.4. The Labute approximate surface area is 385 Å². The number of hydrogen-bond acceptors (Lipinski definition) is 8. The highest BCUT2D eigenvalue weighted by Crippen LogP contribution is 2.63. The van der Waals surface area contributed by atoms with Gasteiger partial charge in [-0.15, -0.1) is 0 Å². The van der Waals surface area contributed by atoms with Crippen LogP contribution in [0.25, 0.3) is 0 Å². The zero-order chi connectivity index (χ0) is 44.2. The third kappa shape index (κ3) is 7.91. The quantitative estimate of drug-likeness (QED) is 0.195. The molecule has 2 aromatic carbocycles. The minimum atomic E-state index is -1.23. The predicted molar refractivity (Wildman–Crippen MR) is 246 cm³/mol. The van der Waals surface area contributed by atoms with Crippen molar-refractivity contribution in [2.45, 2.75) is 119 Å². The lowest BCUT2D eigenvalue weighted by atomic mass is 9.55. The zero-order valence-corrected chi connectivity index (χ0v) is 38.1. The first-order chi connectivity index (χ1) is 31.0. The molecule has 7 aliphatic rings. The maximum absolute atomic E-state index is 16.4. The standard InChI is InChI=1S/C50H60Cl2FN7O4/c51-35-7-9-38-40(29-35)55-48(64)50(38)43(37-5-4-6-39(52)44(37)53)45(57-49(50)18-2-1-3-19-49)47(63)60-25-14-32(15-26-60)27-31-12-21-58(22-13-31)30-33-16-23-59(24-17-33)41-28-34(11-20-54-41)36-8-10-42(61)56-46(36)62/h4-7,9,11,20,28-29,31-33,36,43,45,57H,1-3,8,10,12-19,21-27,30H2,(H,55,64)(H,56,61,62)/t36?,43?,45-,50-/m1/s1. The van der Waals surface area contributed by atoms with Crippen molar-refractivity contribution in [2.24, 2.45) is 17.8 Å². The van der Waals surface area contributed by atoms with E-state index < -0.39 is 28.7 Å². The van der Waals surface area contributed by atoms with Gasteiger partial charge >= 0.3 is 0 Å². The number of halogens is 3. The molecule has 11 nitrogen and oxygen atoms in total. The fourth-order valence-corrected chi connectivity index (χ4v) is 13.6. The van der Waals surface area contributed by atoms with E-state index in [2.05, 4.69) is 30.7 Å². The van der Waals surface area contributed by atoms with Gasteiger partial charge in [0.25, 0.3) is 0 Å². The van der Waals surface area contributed by atoms with E-state index in [0.717, 1.165) is 94.6 Å². The molecular formula is C50H60Cl2FN7O4. The van der Waals surface area contributed by atoms with Gasteiger partial charge < -0.3 is 20.0 Å². The van der Waals surface area contributed by atoms with Crippen molar-refractivity contribution in [3.05, 3.63) is 87.3 Å². The minimum Gasteiger partial charge on any atom is -0.357 e. The summed E-state index contributed by atoms with van der Waals surface area (Å²) in [6, 6.07) is 13.6. The third-order valence-electron chi connectivity index (χ3n) is 16.5. The highest BCUT2D eigenvalue weighted by atomic mass is 35.5. The van der Waals surface area contributed by atoms with Crippen molar-refractivity contribution in [3.8, 4) is 0 Å². The molecule has 4 atom stereocenters. The molecule has 0 bridgehead atoms. The number of anilines is 2. The Kier molecular flexibility index (Phi) is 12.3. The van der Waals surface area contributed by atoms with Crippen LogP contribution >= 0.6 is 23.2 Å². The lowest BCUT2D eigenvalue weighted by Gasteiger charge is -2.47. The number of fused-ring (bicyclic) bond motifs is 3. The average molecular weight is 913 g/mol. The fourth-order valence-electron chi connectivity index (χ4n) is 13.2. The lowest BCUT2D eigenvalue weighted by molar-refractivity contribution is -0.136. The van der Waals surface area contributed by atoms with E-state index in [-0.39, 0.29) is 34.6 Å². The molecule has 64 heavy (non-hydrogen) atoms. The molecule has 2 spiro atoms. The Bertz CT molecular complexity index is 2280. The average Bonchev–Trinajstić information content (AvgIpc) is 3.75. The Morgan fingerprint density at radius 3 is 2.27 bits per heavy atom. The Balaban J connectivity index is 0.745. The third-order valence-corrected chi connectivity index (χ3v) is 17.0. The molecule has 10 rings (SSSR count). The molecule has 6 aliphatic heterocycles. The largest absolute Gasteiger partial charge is 0.357 e. The second-order valence-electron chi connectivity index (χ2n) is 20.0. The molecule has 14 heteroatoms. The van der Waals surface area contributed by atoms with E-state index >= 15 is 9.18 Å². The van der Waals surface area contributed by atoms with Crippen molar-refractivity contribution in [1.29, 1.82) is 0 Å². The highest BCUT2D eigenvalue weighted by Gasteiger charge is 2.72. The number of hydrogen-bond donors (Lipinski definition) is 3. The SMILES string of the molecule is O=C1CCC(c2ccnc(N3CCC(CN4CCC(CC5CCN(C(=O)[C@@H]6NC7(CCCCC7)[C@@]7(C(=O)Nc8cc(Cl)ccc87)C6c6cccc(Cl)c6F)CC5)CC4)CC3)c2)C(=O)N1. The van der Waals surface area contributed by atoms with Crippen LogP contribution in [0.3, 0.4) is 0 Å². The Morgan fingerprint density at radius 2 is 1.53 bits per heavy atom. The number of aromatic nitrogens is 1. The number of carbonyl (C=O) groups excluding carboxylic acids is 4. The van der Waals surface area contributed by atoms with Crippen molar-refractivity contribution in [1.82, 2.24) is 25.4 Å². The van der Waals surface area contributed by atoms with E-state index in [4.69, 9.17) is 23.2 Å². The van der Waals surface area contributed by atoms with Gasteiger partial charge in [0.15, 0.2) is 0 Å². The summed E-state index contributed by atoms with van der Waals surface area (Å²) in [6.45, 7) is 6.58. The normalized spacial score (nSPS) is 28.2. The van der Waals surface area contributed by atoms with Crippen LogP contribution in [0.4, 0.5) is 15.9 Å². The number of rotatable bonds is 8. The smallest absolute Gasteiger partial charge is 0.240 e. The van der Waals surface area contributed by atoms with E-state index in [1.807, 2.05) is 23.1 Å². The fraction of sp³-hybridized carbons (Fsp3) is 0.580. The summed E-state index contributed by atoms with van der Waals surface area (Å²) < 4.78 is 16.4. The molecule has 7 heterocycles. The van der Waals surface area contributed by atoms with Crippen LogP contribution < -0.4 is 20.9 Å². The van der Waals surface area contributed by atoms with Crippen LogP contribution in [0.1, 0.15) is 118 Å². The second-order valence-corrected chi connectivity index (χ2v) is 20.8. The van der Waals surface area contributed by atoms with E-state index in [1.165, 1.54) is 25.3 Å². The molecule has 6 fully saturated rings. The molecule has 5 saturated heterocycles. The van der Waals surface area contributed by atoms with Gasteiger partial charge in [0, 0.05) is 67.5 Å². The molecule has 0 radical (unpaired) electrons. The number of likely N-dealkylation sites (tertiary alicyclic amines) is 2. The first-order valence-electron chi connectivity index (χ1n) is 23.9. The predicted octanol–water partition coefficient (Wildman–Crippen LogP) is 7.95. The van der Waals surface area contributed by atoms with Gasteiger partial charge in [-0.25, -0.2) is 9.37 Å². The van der Waals surface area contributed by atoms with E-state index in [0.29, 0.717) is 72.8 Å². The second kappa shape index (κ2) is 17.9. The first kappa shape index (κ1) is 43.8. The molecule has 2 unspecified atom stereocenters. The Hall–Kier alpha value is -4.10. The number of carbonyl (C=O) groups is 4. The molecule has 1 aromatic heterocycles. The number of imide groups is 1. The van der Waals surface area contributed by atoms with Crippen LogP contribution in [-0.4, -0.2) is 95.8 Å². The van der Waals surface area contributed by atoms with Gasteiger partial charge in [-0.1, -0.05) is 60.7 Å². The number of benzene rings is 2. The molecule has 3 aromatic rings. The molecule has 1 saturated carbocycles. The summed E-state index contributed by atoms with van der Waals surface area (Å²) >= 11 is 12.9. The van der Waals surface area contributed by atoms with Crippen molar-refractivity contribution < 1.29 is 23.6 Å². The molecule has 4 amide bonds. The number of nitrogens with one attached hydrogen (secondary N) is 3. The topological polar surface area (TPSA) is 127 Å². The lowest BCUT2D eigenvalue weighted by Crippen LogP contribution is -2.60. The first-order valence-corrected chi connectivity index (χ1v) is 24.7. The summed E-state index contributed by atoms with van der Waals surface area (Å²) in [5.74, 6) is 0.439. The molecule has 1 aliphatic carbocycles. The monoisotopic (exact) mass is 911 g/mol. The van der Waals surface area contributed by atoms with Gasteiger partial charge in [0.1, 0.15) is 17.1 Å². The summed E-state index contributed by atoms with van der Waals surface area (Å²) in [4.78, 5) is 65.6. The van der Waals surface area contributed by atoms with Gasteiger partial charge in [0.2, 0.25) is 23.6 Å². The summed E-state index contributed by atoms with van der Waals surface area (Å²) in [7, 11) is 0. The van der Waals surface area contributed by atoms with Crippen molar-refractivity contribution in [3.63, 3.8) is 0 Å². The zero-order valence-electron chi connectivity index (χ0n) is 36.6. The number of nitrogens with zero attached hydrogens (tertiary/aromatic N) is 4. The molecule has 3 N–H and O–H groups in total.